The van der Waals surface area contributed by atoms with Gasteiger partial charge in [-0.1, -0.05) is 15.9 Å². The predicted molar refractivity (Wildman–Crippen MR) is 66.6 cm³/mol. The van der Waals surface area contributed by atoms with Gasteiger partial charge >= 0.3 is 0 Å². The lowest BCUT2D eigenvalue weighted by molar-refractivity contribution is 0.567. The second-order valence-electron chi connectivity index (χ2n) is 3.61. The topological polar surface area (TPSA) is 16.4 Å². The summed E-state index contributed by atoms with van der Waals surface area (Å²) in [4.78, 5) is 2.00. The summed E-state index contributed by atoms with van der Waals surface area (Å²) in [7, 11) is 3.99. The van der Waals surface area contributed by atoms with Crippen LogP contribution in [-0.4, -0.2) is 19.0 Å². The Hall–Kier alpha value is -1.22. The van der Waals surface area contributed by atoms with E-state index in [-0.39, 0.29) is 0 Å². The molecule has 78 valence electrons. The minimum absolute atomic E-state index is 0.914. The van der Waals surface area contributed by atoms with Crippen molar-refractivity contribution >= 4 is 33.0 Å². The molecule has 0 amide bonds. The maximum absolute atomic E-state index is 5.45. The van der Waals surface area contributed by atoms with E-state index in [0.29, 0.717) is 0 Å². The van der Waals surface area contributed by atoms with Gasteiger partial charge in [0.15, 0.2) is 0 Å². The van der Waals surface area contributed by atoms with Gasteiger partial charge in [0.2, 0.25) is 0 Å². The first kappa shape index (κ1) is 10.3. The molecule has 0 unspecified atom stereocenters. The molecule has 0 fully saturated rings. The zero-order valence-electron chi connectivity index (χ0n) is 8.70. The minimum atomic E-state index is 0.914. The first-order valence-corrected chi connectivity index (χ1v) is 5.47. The van der Waals surface area contributed by atoms with Crippen molar-refractivity contribution in [2.45, 2.75) is 0 Å². The Morgan fingerprint density at radius 2 is 2.13 bits per heavy atom. The normalized spacial score (nSPS) is 11.4. The number of hydrogen-bond donors (Lipinski definition) is 0. The fraction of sp³-hybridized carbons (Fsp3) is 0.167. The maximum atomic E-state index is 5.45. The van der Waals surface area contributed by atoms with Gasteiger partial charge in [-0.25, -0.2) is 0 Å². The number of halogens is 1. The van der Waals surface area contributed by atoms with Crippen molar-refractivity contribution in [3.8, 4) is 0 Å². The summed E-state index contributed by atoms with van der Waals surface area (Å²) in [6, 6.07) is 6.01. The Bertz CT molecular complexity index is 499. The molecular formula is C12H12BrNO. The second-order valence-corrected chi connectivity index (χ2v) is 4.53. The van der Waals surface area contributed by atoms with Crippen LogP contribution >= 0.6 is 15.9 Å². The molecule has 0 saturated carbocycles. The first-order valence-electron chi connectivity index (χ1n) is 4.68. The molecule has 1 heterocycles. The fourth-order valence-corrected chi connectivity index (χ4v) is 1.74. The molecule has 2 rings (SSSR count). The molecule has 2 aromatic rings. The van der Waals surface area contributed by atoms with Crippen LogP contribution in [0.4, 0.5) is 0 Å². The van der Waals surface area contributed by atoms with E-state index in [9.17, 15) is 0 Å². The van der Waals surface area contributed by atoms with Gasteiger partial charge in [0.05, 0.1) is 6.26 Å². The predicted octanol–water partition coefficient (Wildman–Crippen LogP) is 3.73. The molecule has 15 heavy (non-hydrogen) atoms. The van der Waals surface area contributed by atoms with Crippen LogP contribution in [-0.2, 0) is 0 Å². The molecule has 0 radical (unpaired) electrons. The Morgan fingerprint density at radius 1 is 1.33 bits per heavy atom. The molecule has 3 heteroatoms. The average molecular weight is 266 g/mol. The summed E-state index contributed by atoms with van der Waals surface area (Å²) < 4.78 is 6.51. The van der Waals surface area contributed by atoms with Gasteiger partial charge in [0.25, 0.3) is 0 Å². The van der Waals surface area contributed by atoms with Crippen molar-refractivity contribution in [2.24, 2.45) is 0 Å². The lowest BCUT2D eigenvalue weighted by atomic mass is 10.2. The molecule has 0 aliphatic heterocycles. The summed E-state index contributed by atoms with van der Waals surface area (Å²) in [6.45, 7) is 0. The van der Waals surface area contributed by atoms with Crippen LogP contribution in [0.2, 0.25) is 0 Å². The summed E-state index contributed by atoms with van der Waals surface area (Å²) in [5.41, 5.74) is 2.01. The summed E-state index contributed by atoms with van der Waals surface area (Å²) in [5, 5.41) is 1.13. The largest absolute Gasteiger partial charge is 0.464 e. The Labute approximate surface area is 97.3 Å². The van der Waals surface area contributed by atoms with Crippen LogP contribution in [0.15, 0.2) is 39.6 Å². The third-order valence-electron chi connectivity index (χ3n) is 2.12. The van der Waals surface area contributed by atoms with Crippen molar-refractivity contribution in [1.29, 1.82) is 0 Å². The third kappa shape index (κ3) is 2.23. The van der Waals surface area contributed by atoms with Crippen LogP contribution in [0.25, 0.3) is 17.0 Å². The van der Waals surface area contributed by atoms with Crippen LogP contribution < -0.4 is 0 Å². The molecule has 2 nitrogen and oxygen atoms in total. The van der Waals surface area contributed by atoms with Crippen LogP contribution in [0, 0.1) is 0 Å². The van der Waals surface area contributed by atoms with Crippen molar-refractivity contribution in [3.63, 3.8) is 0 Å². The van der Waals surface area contributed by atoms with Crippen LogP contribution in [0.3, 0.4) is 0 Å². The number of benzene rings is 1. The summed E-state index contributed by atoms with van der Waals surface area (Å²) in [6.07, 6.45) is 5.82. The second kappa shape index (κ2) is 4.11. The molecule has 0 bridgehead atoms. The number of rotatable bonds is 2. The lowest BCUT2D eigenvalue weighted by Crippen LogP contribution is -1.99. The van der Waals surface area contributed by atoms with E-state index in [1.54, 1.807) is 6.26 Å². The molecule has 0 spiro atoms. The SMILES string of the molecule is CN(C)/C=C/c1coc2ccc(Br)cc12. The molecule has 0 saturated heterocycles. The molecule has 0 atom stereocenters. The number of hydrogen-bond acceptors (Lipinski definition) is 2. The molecule has 1 aromatic carbocycles. The minimum Gasteiger partial charge on any atom is -0.464 e. The van der Waals surface area contributed by atoms with Crippen molar-refractivity contribution in [3.05, 3.63) is 40.7 Å². The van der Waals surface area contributed by atoms with Gasteiger partial charge in [-0.05, 0) is 30.5 Å². The van der Waals surface area contributed by atoms with Gasteiger partial charge in [-0.2, -0.15) is 0 Å². The van der Waals surface area contributed by atoms with E-state index < -0.39 is 0 Å². The van der Waals surface area contributed by atoms with Crippen molar-refractivity contribution < 1.29 is 4.42 Å². The highest BCUT2D eigenvalue weighted by atomic mass is 79.9. The van der Waals surface area contributed by atoms with Gasteiger partial charge in [-0.15, -0.1) is 0 Å². The molecule has 1 aromatic heterocycles. The zero-order chi connectivity index (χ0) is 10.8. The number of furan rings is 1. The summed E-state index contributed by atoms with van der Waals surface area (Å²) >= 11 is 3.46. The van der Waals surface area contributed by atoms with Gasteiger partial charge in [-0.3, -0.25) is 0 Å². The van der Waals surface area contributed by atoms with E-state index in [4.69, 9.17) is 4.42 Å². The first-order chi connectivity index (χ1) is 7.16. The van der Waals surface area contributed by atoms with Crippen LogP contribution in [0.5, 0.6) is 0 Å². The highest BCUT2D eigenvalue weighted by Crippen LogP contribution is 2.25. The lowest BCUT2D eigenvalue weighted by Gasteiger charge is -2.01. The highest BCUT2D eigenvalue weighted by Gasteiger charge is 2.03. The third-order valence-corrected chi connectivity index (χ3v) is 2.61. The highest BCUT2D eigenvalue weighted by molar-refractivity contribution is 9.10. The Morgan fingerprint density at radius 3 is 2.87 bits per heavy atom. The molecule has 0 N–H and O–H groups in total. The van der Waals surface area contributed by atoms with Gasteiger partial charge < -0.3 is 9.32 Å². The van der Waals surface area contributed by atoms with Gasteiger partial charge in [0.1, 0.15) is 5.58 Å². The number of nitrogens with zero attached hydrogens (tertiary/aromatic N) is 1. The van der Waals surface area contributed by atoms with Crippen LogP contribution in [0.1, 0.15) is 5.56 Å². The Balaban J connectivity index is 2.48. The average Bonchev–Trinajstić information content (AvgIpc) is 2.57. The Kier molecular flexibility index (Phi) is 2.82. The maximum Gasteiger partial charge on any atom is 0.134 e. The zero-order valence-corrected chi connectivity index (χ0v) is 10.3. The molecular weight excluding hydrogens is 254 g/mol. The standard InChI is InChI=1S/C12H12BrNO/c1-14(2)6-5-9-8-15-12-4-3-10(13)7-11(9)12/h3-8H,1-2H3/b6-5+. The fourth-order valence-electron chi connectivity index (χ4n) is 1.38. The molecule has 0 aliphatic rings. The van der Waals surface area contributed by atoms with E-state index >= 15 is 0 Å². The van der Waals surface area contributed by atoms with E-state index in [1.165, 1.54) is 0 Å². The molecule has 0 aliphatic carbocycles. The van der Waals surface area contributed by atoms with Crippen molar-refractivity contribution in [1.82, 2.24) is 4.90 Å². The monoisotopic (exact) mass is 265 g/mol. The van der Waals surface area contributed by atoms with E-state index in [0.717, 1.165) is 21.0 Å². The smallest absolute Gasteiger partial charge is 0.134 e. The van der Waals surface area contributed by atoms with E-state index in [1.807, 2.05) is 43.4 Å². The number of fused-ring (bicyclic) bond motifs is 1. The summed E-state index contributed by atoms with van der Waals surface area (Å²) in [5.74, 6) is 0. The van der Waals surface area contributed by atoms with E-state index in [2.05, 4.69) is 22.0 Å². The van der Waals surface area contributed by atoms with Crippen molar-refractivity contribution in [2.75, 3.05) is 14.1 Å². The van der Waals surface area contributed by atoms with Gasteiger partial charge in [0, 0.05) is 29.5 Å². The quantitative estimate of drug-likeness (QED) is 0.823.